The van der Waals surface area contributed by atoms with E-state index < -0.39 is 28.6 Å². The fourth-order valence-electron chi connectivity index (χ4n) is 1.33. The third-order valence-electron chi connectivity index (χ3n) is 2.59. The van der Waals surface area contributed by atoms with Crippen LogP contribution in [-0.2, 0) is 29.1 Å². The predicted octanol–water partition coefficient (Wildman–Crippen LogP) is 3.79. The summed E-state index contributed by atoms with van der Waals surface area (Å²) in [4.78, 5) is 43.5. The lowest BCUT2D eigenvalue weighted by Gasteiger charge is -2.29. The zero-order valence-electron chi connectivity index (χ0n) is 15.2. The van der Waals surface area contributed by atoms with Crippen LogP contribution in [0.1, 0.15) is 68.7 Å². The minimum atomic E-state index is -1.37. The molecule has 22 heavy (non-hydrogen) atoms. The highest BCUT2D eigenvalue weighted by molar-refractivity contribution is 5.75. The van der Waals surface area contributed by atoms with E-state index in [9.17, 15) is 9.59 Å². The summed E-state index contributed by atoms with van der Waals surface area (Å²) in [6.07, 6.45) is 0.377. The van der Waals surface area contributed by atoms with Crippen LogP contribution in [0.5, 0.6) is 0 Å². The summed E-state index contributed by atoms with van der Waals surface area (Å²) < 4.78 is 0. The molecular weight excluding hydrogens is 288 g/mol. The molecule has 130 valence electrons. The van der Waals surface area contributed by atoms with Gasteiger partial charge in [-0.15, -0.1) is 9.78 Å². The predicted molar refractivity (Wildman–Crippen MR) is 81.1 cm³/mol. The number of hydrogen-bond acceptors (Lipinski definition) is 6. The molecule has 0 saturated carbocycles. The Kier molecular flexibility index (Phi) is 7.03. The van der Waals surface area contributed by atoms with E-state index in [1.54, 1.807) is 48.5 Å². The summed E-state index contributed by atoms with van der Waals surface area (Å²) in [5, 5.41) is 0. The minimum Gasteiger partial charge on any atom is -0.295 e. The van der Waals surface area contributed by atoms with E-state index in [4.69, 9.17) is 19.6 Å². The van der Waals surface area contributed by atoms with E-state index in [0.717, 1.165) is 0 Å². The molecule has 0 spiro atoms. The van der Waals surface area contributed by atoms with Crippen molar-refractivity contribution in [1.29, 1.82) is 0 Å². The molecule has 0 unspecified atom stereocenters. The smallest absolute Gasteiger partial charge is 0.295 e. The van der Waals surface area contributed by atoms with Gasteiger partial charge in [0.2, 0.25) is 0 Å². The highest BCUT2D eigenvalue weighted by Crippen LogP contribution is 2.27. The van der Waals surface area contributed by atoms with Gasteiger partial charge in [-0.2, -0.15) is 0 Å². The van der Waals surface area contributed by atoms with E-state index in [1.807, 2.05) is 13.8 Å². The van der Waals surface area contributed by atoms with E-state index >= 15 is 0 Å². The van der Waals surface area contributed by atoms with Gasteiger partial charge in [0.1, 0.15) is 0 Å². The van der Waals surface area contributed by atoms with Crippen LogP contribution >= 0.6 is 0 Å². The first-order chi connectivity index (χ1) is 9.67. The molecule has 0 rings (SSSR count). The van der Waals surface area contributed by atoms with E-state index in [-0.39, 0.29) is 5.92 Å². The first kappa shape index (κ1) is 20.9. The van der Waals surface area contributed by atoms with Crippen molar-refractivity contribution in [1.82, 2.24) is 0 Å². The Morgan fingerprint density at radius 1 is 0.773 bits per heavy atom. The maximum absolute atomic E-state index is 11.8. The molecule has 0 radical (unpaired) electrons. The zero-order valence-corrected chi connectivity index (χ0v) is 15.2. The van der Waals surface area contributed by atoms with Crippen molar-refractivity contribution in [3.05, 3.63) is 0 Å². The quantitative estimate of drug-likeness (QED) is 0.421. The highest BCUT2D eigenvalue weighted by atomic mass is 17.3. The van der Waals surface area contributed by atoms with Gasteiger partial charge >= 0.3 is 11.9 Å². The van der Waals surface area contributed by atoms with Crippen molar-refractivity contribution in [2.75, 3.05) is 0 Å². The Bertz CT molecular complexity index is 356. The van der Waals surface area contributed by atoms with E-state index in [0.29, 0.717) is 6.42 Å². The molecule has 0 bridgehead atoms. The second-order valence-electron chi connectivity index (χ2n) is 8.14. The molecule has 0 N–H and O–H groups in total. The molecule has 0 fully saturated rings. The van der Waals surface area contributed by atoms with Crippen LogP contribution in [0.2, 0.25) is 0 Å². The average Bonchev–Trinajstić information content (AvgIpc) is 2.29. The first-order valence-corrected chi connectivity index (χ1v) is 7.47. The largest absolute Gasteiger partial charge is 0.347 e. The normalized spacial score (nSPS) is 13.2. The molecule has 0 aliphatic carbocycles. The second-order valence-corrected chi connectivity index (χ2v) is 8.14. The lowest BCUT2D eigenvalue weighted by molar-refractivity contribution is -0.481. The first-order valence-electron chi connectivity index (χ1n) is 7.47. The topological polar surface area (TPSA) is 71.1 Å². The molecule has 0 aliphatic heterocycles. The summed E-state index contributed by atoms with van der Waals surface area (Å²) in [6, 6.07) is 0. The van der Waals surface area contributed by atoms with E-state index in [2.05, 4.69) is 0 Å². The van der Waals surface area contributed by atoms with Crippen LogP contribution in [-0.4, -0.2) is 17.7 Å². The van der Waals surface area contributed by atoms with Gasteiger partial charge < -0.3 is 0 Å². The van der Waals surface area contributed by atoms with Gasteiger partial charge in [0.15, 0.2) is 0 Å². The molecular formula is C16H30O6. The molecule has 6 nitrogen and oxygen atoms in total. The Morgan fingerprint density at radius 3 is 1.32 bits per heavy atom. The summed E-state index contributed by atoms with van der Waals surface area (Å²) in [6.45, 7) is 15.7. The van der Waals surface area contributed by atoms with E-state index in [1.165, 1.54) is 0 Å². The van der Waals surface area contributed by atoms with Crippen LogP contribution < -0.4 is 0 Å². The minimum absolute atomic E-state index is 0.173. The van der Waals surface area contributed by atoms with Crippen LogP contribution in [0.15, 0.2) is 0 Å². The molecule has 0 aliphatic rings. The maximum atomic E-state index is 11.8. The number of carbonyl (C=O) groups is 2. The Hall–Kier alpha value is -1.14. The van der Waals surface area contributed by atoms with Crippen LogP contribution in [0.25, 0.3) is 0 Å². The van der Waals surface area contributed by atoms with Crippen molar-refractivity contribution in [3.63, 3.8) is 0 Å². The fourth-order valence-corrected chi connectivity index (χ4v) is 1.33. The summed E-state index contributed by atoms with van der Waals surface area (Å²) in [5.74, 6) is -2.26. The van der Waals surface area contributed by atoms with Gasteiger partial charge in [-0.05, 0) is 54.4 Å². The van der Waals surface area contributed by atoms with Gasteiger partial charge in [-0.3, -0.25) is 9.78 Å². The van der Waals surface area contributed by atoms with Crippen molar-refractivity contribution in [2.24, 2.45) is 16.7 Å². The Labute approximate surface area is 133 Å². The van der Waals surface area contributed by atoms with Crippen LogP contribution in [0, 0.1) is 16.7 Å². The third-order valence-corrected chi connectivity index (χ3v) is 2.59. The average molecular weight is 318 g/mol. The molecule has 0 aromatic carbocycles. The second kappa shape index (κ2) is 7.42. The van der Waals surface area contributed by atoms with Crippen LogP contribution in [0.4, 0.5) is 0 Å². The van der Waals surface area contributed by atoms with Gasteiger partial charge in [0.05, 0.1) is 10.8 Å². The van der Waals surface area contributed by atoms with Crippen LogP contribution in [0.3, 0.4) is 0 Å². The summed E-state index contributed by atoms with van der Waals surface area (Å²) in [7, 11) is 0. The molecule has 0 saturated heterocycles. The molecule has 0 aromatic heterocycles. The standard InChI is InChI=1S/C16H30O6/c1-11(2)10-16(9,21-19-12(17)14(3,4)5)22-20-13(18)15(6,7)8/h11H,10H2,1-9H3. The van der Waals surface area contributed by atoms with Crippen molar-refractivity contribution < 1.29 is 29.1 Å². The maximum Gasteiger partial charge on any atom is 0.347 e. The lowest BCUT2D eigenvalue weighted by Crippen LogP contribution is -2.38. The molecule has 0 heterocycles. The lowest BCUT2D eigenvalue weighted by atomic mass is 9.98. The SMILES string of the molecule is CC(C)CC(C)(OOC(=O)C(C)(C)C)OOC(=O)C(C)(C)C. The zero-order chi connectivity index (χ0) is 17.8. The molecule has 6 heteroatoms. The monoisotopic (exact) mass is 318 g/mol. The fraction of sp³-hybridized carbons (Fsp3) is 0.875. The van der Waals surface area contributed by atoms with Crippen molar-refractivity contribution in [3.8, 4) is 0 Å². The summed E-state index contributed by atoms with van der Waals surface area (Å²) in [5.41, 5.74) is -1.42. The number of rotatable bonds is 6. The highest BCUT2D eigenvalue weighted by Gasteiger charge is 2.37. The Balaban J connectivity index is 4.79. The van der Waals surface area contributed by atoms with Gasteiger partial charge in [0.25, 0.3) is 5.79 Å². The van der Waals surface area contributed by atoms with Gasteiger partial charge in [0, 0.05) is 6.42 Å². The summed E-state index contributed by atoms with van der Waals surface area (Å²) >= 11 is 0. The third kappa shape index (κ3) is 7.75. The molecule has 0 aromatic rings. The van der Waals surface area contributed by atoms with Crippen molar-refractivity contribution in [2.45, 2.75) is 74.5 Å². The number of carbonyl (C=O) groups excluding carboxylic acids is 2. The van der Waals surface area contributed by atoms with Crippen molar-refractivity contribution >= 4 is 11.9 Å². The van der Waals surface area contributed by atoms with Gasteiger partial charge in [-0.25, -0.2) is 9.59 Å². The van der Waals surface area contributed by atoms with Gasteiger partial charge in [-0.1, -0.05) is 13.8 Å². The Morgan fingerprint density at radius 2 is 1.09 bits per heavy atom. The molecule has 0 amide bonds. The number of hydrogen-bond donors (Lipinski definition) is 0. The molecule has 0 atom stereocenters.